The molecule has 0 amide bonds. The Bertz CT molecular complexity index is 747. The highest BCUT2D eigenvalue weighted by Crippen LogP contribution is 2.66. The van der Waals surface area contributed by atoms with E-state index in [2.05, 4.69) is 6.58 Å². The van der Waals surface area contributed by atoms with Crippen LogP contribution in [0.5, 0.6) is 0 Å². The number of carbonyl (C=O) groups excluding carboxylic acids is 2. The van der Waals surface area contributed by atoms with Crippen LogP contribution in [0.3, 0.4) is 0 Å². The maximum Gasteiger partial charge on any atom is 0.303 e. The Morgan fingerprint density at radius 3 is 2.34 bits per heavy atom. The highest BCUT2D eigenvalue weighted by Gasteiger charge is 2.81. The fraction of sp³-hybridized carbons (Fsp3) is 0.818. The molecule has 1 saturated heterocycles. The van der Waals surface area contributed by atoms with Gasteiger partial charge in [-0.05, 0) is 32.1 Å². The van der Waals surface area contributed by atoms with Crippen molar-refractivity contribution in [2.24, 2.45) is 16.7 Å². The van der Waals surface area contributed by atoms with E-state index in [-0.39, 0.29) is 6.42 Å². The van der Waals surface area contributed by atoms with Gasteiger partial charge in [-0.15, -0.1) is 6.58 Å². The van der Waals surface area contributed by atoms with Gasteiger partial charge in [-0.3, -0.25) is 9.59 Å². The molecule has 0 bridgehead atoms. The molecule has 0 aromatic rings. The second-order valence-corrected chi connectivity index (χ2v) is 10.4. The molecule has 1 aliphatic heterocycles. The molecule has 7 heteroatoms. The number of hydrogen-bond acceptors (Lipinski definition) is 7. The molecule has 8 atom stereocenters. The largest absolute Gasteiger partial charge is 0.457 e. The molecule has 2 aliphatic carbocycles. The monoisotopic (exact) mass is 410 g/mol. The number of hydrogen-bond donors (Lipinski definition) is 3. The van der Waals surface area contributed by atoms with Crippen molar-refractivity contribution in [3.8, 4) is 0 Å². The van der Waals surface area contributed by atoms with Gasteiger partial charge in [0.25, 0.3) is 0 Å². The molecule has 3 N–H and O–H groups in total. The van der Waals surface area contributed by atoms with E-state index < -0.39 is 63.6 Å². The fourth-order valence-electron chi connectivity index (χ4n) is 6.66. The first-order chi connectivity index (χ1) is 13.1. The minimum absolute atomic E-state index is 0.138. The summed E-state index contributed by atoms with van der Waals surface area (Å²) in [7, 11) is 0. The van der Waals surface area contributed by atoms with E-state index in [0.29, 0.717) is 12.8 Å². The number of carbonyl (C=O) groups is 2. The lowest BCUT2D eigenvalue weighted by atomic mass is 9.40. The van der Waals surface area contributed by atoms with E-state index in [4.69, 9.17) is 9.47 Å². The summed E-state index contributed by atoms with van der Waals surface area (Å²) in [5, 5.41) is 34.7. The Morgan fingerprint density at radius 2 is 1.83 bits per heavy atom. The van der Waals surface area contributed by atoms with Crippen LogP contribution in [0, 0.1) is 16.7 Å². The van der Waals surface area contributed by atoms with Crippen LogP contribution in [0.25, 0.3) is 0 Å². The average Bonchev–Trinajstić information content (AvgIpc) is 2.59. The lowest BCUT2D eigenvalue weighted by Crippen LogP contribution is -2.86. The molecule has 0 aromatic carbocycles. The van der Waals surface area contributed by atoms with E-state index >= 15 is 0 Å². The minimum atomic E-state index is -2.18. The van der Waals surface area contributed by atoms with Crippen molar-refractivity contribution in [1.29, 1.82) is 0 Å². The number of fused-ring (bicyclic) bond motifs is 3. The average molecular weight is 411 g/mol. The smallest absolute Gasteiger partial charge is 0.303 e. The van der Waals surface area contributed by atoms with Crippen molar-refractivity contribution in [2.75, 3.05) is 0 Å². The van der Waals surface area contributed by atoms with Gasteiger partial charge in [-0.2, -0.15) is 0 Å². The van der Waals surface area contributed by atoms with Crippen LogP contribution < -0.4 is 0 Å². The van der Waals surface area contributed by atoms with Gasteiger partial charge in [0.2, 0.25) is 0 Å². The summed E-state index contributed by atoms with van der Waals surface area (Å²) in [6, 6.07) is 0. The zero-order chi connectivity index (χ0) is 22.2. The van der Waals surface area contributed by atoms with E-state index in [1.807, 2.05) is 13.8 Å². The van der Waals surface area contributed by atoms with Crippen LogP contribution in [0.4, 0.5) is 0 Å². The molecule has 3 aliphatic rings. The standard InChI is InChI=1S/C22H34O7/c1-8-19(5)11-14(25)22(27)20(6)13(24)9-10-18(3,4)16(20)15(26)17(28-12(2)23)21(22,7)29-19/h8,13,15-17,24,26-27H,1,9-11H2,2-7H3/t13-,15-,16-,17+,19-,20-,21+,22-/m0/s1. The van der Waals surface area contributed by atoms with Gasteiger partial charge >= 0.3 is 5.97 Å². The number of aliphatic hydroxyl groups is 3. The summed E-state index contributed by atoms with van der Waals surface area (Å²) in [5.41, 5.74) is -7.00. The third-order valence-electron chi connectivity index (χ3n) is 8.02. The predicted octanol–water partition coefficient (Wildman–Crippen LogP) is 1.52. The minimum Gasteiger partial charge on any atom is -0.457 e. The third-order valence-corrected chi connectivity index (χ3v) is 8.02. The lowest BCUT2D eigenvalue weighted by Gasteiger charge is -2.71. The third kappa shape index (κ3) is 2.63. The topological polar surface area (TPSA) is 113 Å². The zero-order valence-corrected chi connectivity index (χ0v) is 18.2. The highest BCUT2D eigenvalue weighted by molar-refractivity contribution is 5.92. The lowest BCUT2D eigenvalue weighted by molar-refractivity contribution is -0.370. The molecule has 0 radical (unpaired) electrons. The van der Waals surface area contributed by atoms with Crippen LogP contribution in [0.15, 0.2) is 12.7 Å². The van der Waals surface area contributed by atoms with E-state index in [1.165, 1.54) is 19.9 Å². The summed E-state index contributed by atoms with van der Waals surface area (Å²) < 4.78 is 11.8. The first-order valence-corrected chi connectivity index (χ1v) is 10.2. The molecule has 0 aromatic heterocycles. The first-order valence-electron chi connectivity index (χ1n) is 10.2. The summed E-state index contributed by atoms with van der Waals surface area (Å²) >= 11 is 0. The normalized spacial score (nSPS) is 51.6. The van der Waals surface area contributed by atoms with Crippen molar-refractivity contribution in [3.63, 3.8) is 0 Å². The molecule has 1 heterocycles. The van der Waals surface area contributed by atoms with Gasteiger partial charge in [0, 0.05) is 24.7 Å². The van der Waals surface area contributed by atoms with Crippen LogP contribution in [0.1, 0.15) is 60.8 Å². The Labute approximate surface area is 172 Å². The molecule has 29 heavy (non-hydrogen) atoms. The number of Topliss-reactive ketones (excluding diaryl/α,β-unsaturated/α-hetero) is 1. The van der Waals surface area contributed by atoms with Gasteiger partial charge in [0.05, 0.1) is 17.8 Å². The van der Waals surface area contributed by atoms with Gasteiger partial charge in [0.15, 0.2) is 17.5 Å². The molecular formula is C22H34O7. The number of rotatable bonds is 2. The maximum absolute atomic E-state index is 13.6. The number of aliphatic hydroxyl groups excluding tert-OH is 2. The Hall–Kier alpha value is -1.28. The van der Waals surface area contributed by atoms with Crippen LogP contribution in [-0.2, 0) is 19.1 Å². The summed E-state index contributed by atoms with van der Waals surface area (Å²) in [5.74, 6) is -1.87. The van der Waals surface area contributed by atoms with Gasteiger partial charge in [-0.1, -0.05) is 26.8 Å². The van der Waals surface area contributed by atoms with Gasteiger partial charge < -0.3 is 24.8 Å². The zero-order valence-electron chi connectivity index (χ0n) is 18.2. The molecule has 3 fully saturated rings. The quantitative estimate of drug-likeness (QED) is 0.467. The Kier molecular flexibility index (Phi) is 4.91. The molecule has 3 rings (SSSR count). The van der Waals surface area contributed by atoms with Crippen molar-refractivity contribution in [2.45, 2.75) is 95.9 Å². The van der Waals surface area contributed by atoms with E-state index in [0.717, 1.165) is 0 Å². The number of ketones is 1. The highest BCUT2D eigenvalue weighted by atomic mass is 16.6. The SMILES string of the molecule is C=C[C@@]1(C)CC(=O)[C@]2(O)[C@@]3(C)[C@@H](O)CCC(C)(C)[C@@H]3[C@H](O)[C@@H](OC(C)=O)[C@@]2(C)O1. The summed E-state index contributed by atoms with van der Waals surface area (Å²) in [4.78, 5) is 25.5. The van der Waals surface area contributed by atoms with E-state index in [1.54, 1.807) is 13.8 Å². The van der Waals surface area contributed by atoms with Gasteiger partial charge in [0.1, 0.15) is 5.60 Å². The summed E-state index contributed by atoms with van der Waals surface area (Å²) in [6.45, 7) is 13.6. The molecule has 164 valence electrons. The van der Waals surface area contributed by atoms with Crippen molar-refractivity contribution < 1.29 is 34.4 Å². The van der Waals surface area contributed by atoms with Crippen LogP contribution in [0.2, 0.25) is 0 Å². The van der Waals surface area contributed by atoms with Gasteiger partial charge in [-0.25, -0.2) is 0 Å². The van der Waals surface area contributed by atoms with Crippen molar-refractivity contribution in [1.82, 2.24) is 0 Å². The first kappa shape index (κ1) is 22.4. The van der Waals surface area contributed by atoms with Crippen LogP contribution >= 0.6 is 0 Å². The second kappa shape index (κ2) is 6.36. The molecule has 0 unspecified atom stereocenters. The summed E-state index contributed by atoms with van der Waals surface area (Å²) in [6.07, 6.45) is -1.29. The molecular weight excluding hydrogens is 376 g/mol. The van der Waals surface area contributed by atoms with E-state index in [9.17, 15) is 24.9 Å². The predicted molar refractivity (Wildman–Crippen MR) is 105 cm³/mol. The molecule has 2 saturated carbocycles. The van der Waals surface area contributed by atoms with Crippen molar-refractivity contribution >= 4 is 11.8 Å². The molecule has 0 spiro atoms. The maximum atomic E-state index is 13.6. The number of ether oxygens (including phenoxy) is 2. The second-order valence-electron chi connectivity index (χ2n) is 10.4. The fourth-order valence-corrected chi connectivity index (χ4v) is 6.66. The number of esters is 1. The van der Waals surface area contributed by atoms with Crippen LogP contribution in [-0.4, -0.2) is 62.2 Å². The Morgan fingerprint density at radius 1 is 1.24 bits per heavy atom. The van der Waals surface area contributed by atoms with Crippen molar-refractivity contribution in [3.05, 3.63) is 12.7 Å². The molecule has 7 nitrogen and oxygen atoms in total. The Balaban J connectivity index is 2.33.